The van der Waals surface area contributed by atoms with E-state index in [1.165, 1.54) is 66.2 Å². The number of ether oxygens (including phenoxy) is 2. The fraction of sp³-hybridized carbons (Fsp3) is 0.323. The van der Waals surface area contributed by atoms with Crippen molar-refractivity contribution in [2.75, 3.05) is 58.4 Å². The van der Waals surface area contributed by atoms with Crippen molar-refractivity contribution in [1.82, 2.24) is 19.3 Å². The average molecular weight is 654 g/mol. The van der Waals surface area contributed by atoms with Crippen LogP contribution >= 0.6 is 11.6 Å². The molecule has 12 nitrogen and oxygen atoms in total. The van der Waals surface area contributed by atoms with Crippen LogP contribution in [0, 0.1) is 23.0 Å². The molecule has 3 heterocycles. The molecule has 0 aliphatic carbocycles. The summed E-state index contributed by atoms with van der Waals surface area (Å²) >= 11 is 6.41. The number of nitrogens with zero attached hydrogens (tertiary/aromatic N) is 6. The summed E-state index contributed by atoms with van der Waals surface area (Å²) in [5.74, 6) is -3.42. The molecule has 0 radical (unpaired) electrons. The van der Waals surface area contributed by atoms with Crippen LogP contribution in [0.15, 0.2) is 48.9 Å². The molecule has 0 saturated carbocycles. The molecule has 240 valence electrons. The van der Waals surface area contributed by atoms with Gasteiger partial charge in [0.2, 0.25) is 5.82 Å². The molecular weight excluding hydrogens is 624 g/mol. The summed E-state index contributed by atoms with van der Waals surface area (Å²) in [4.78, 5) is 34.0. The number of rotatable bonds is 12. The van der Waals surface area contributed by atoms with Gasteiger partial charge in [-0.15, -0.1) is 0 Å². The summed E-state index contributed by atoms with van der Waals surface area (Å²) in [5, 5.41) is 23.4. The number of anilines is 2. The van der Waals surface area contributed by atoms with Crippen molar-refractivity contribution in [3.8, 4) is 23.1 Å². The van der Waals surface area contributed by atoms with E-state index in [-0.39, 0.29) is 52.2 Å². The smallest absolute Gasteiger partial charge is 0.260 e. The lowest BCUT2D eigenvalue weighted by molar-refractivity contribution is -0.898. The molecular formula is C31H30ClF2N7O5. The summed E-state index contributed by atoms with van der Waals surface area (Å²) < 4.78 is 42.5. The number of carboxylic acid groups (broad SMARTS) is 1. The number of quaternary nitrogens is 1. The van der Waals surface area contributed by atoms with Crippen LogP contribution in [0.1, 0.15) is 23.2 Å². The van der Waals surface area contributed by atoms with Gasteiger partial charge in [-0.3, -0.25) is 14.1 Å². The Morgan fingerprint density at radius 1 is 1.17 bits per heavy atom. The van der Waals surface area contributed by atoms with Crippen molar-refractivity contribution in [2.24, 2.45) is 0 Å². The van der Waals surface area contributed by atoms with E-state index in [1.807, 2.05) is 0 Å². The van der Waals surface area contributed by atoms with E-state index in [0.717, 1.165) is 24.1 Å². The SMILES string of the molecule is C[N+]1(CCOCCN(C(=O)[O-])C(=O)c2ccc(Nc3nccn4c(-c5ccc(OCC#N)c(F)c5F)cnc34)cc2Cl)CCCC1. The molecule has 1 aliphatic heterocycles. The number of hydrogen-bond acceptors (Lipinski definition) is 9. The first-order chi connectivity index (χ1) is 22.1. The predicted octanol–water partition coefficient (Wildman–Crippen LogP) is 4.02. The number of likely N-dealkylation sites (tertiary alicyclic amines) is 1. The molecule has 2 aromatic heterocycles. The second-order valence-electron chi connectivity index (χ2n) is 11.0. The van der Waals surface area contributed by atoms with Gasteiger partial charge >= 0.3 is 0 Å². The number of benzene rings is 2. The summed E-state index contributed by atoms with van der Waals surface area (Å²) in [7, 11) is 2.16. The average Bonchev–Trinajstić information content (AvgIpc) is 3.66. The third-order valence-corrected chi connectivity index (χ3v) is 8.16. The minimum absolute atomic E-state index is 0.0224. The summed E-state index contributed by atoms with van der Waals surface area (Å²) in [6.07, 6.45) is 4.97. The first-order valence-electron chi connectivity index (χ1n) is 14.4. The minimum atomic E-state index is -1.67. The highest BCUT2D eigenvalue weighted by Gasteiger charge is 2.26. The Hall–Kier alpha value is -4.84. The van der Waals surface area contributed by atoms with Crippen LogP contribution in [0.2, 0.25) is 5.02 Å². The summed E-state index contributed by atoms with van der Waals surface area (Å²) in [6.45, 7) is 2.80. The van der Waals surface area contributed by atoms with Crippen molar-refractivity contribution in [3.05, 3.63) is 71.1 Å². The molecule has 15 heteroatoms. The molecule has 4 aromatic rings. The van der Waals surface area contributed by atoms with Crippen LogP contribution in [-0.4, -0.2) is 88.8 Å². The van der Waals surface area contributed by atoms with E-state index in [0.29, 0.717) is 17.2 Å². The quantitative estimate of drug-likeness (QED) is 0.177. The number of amides is 2. The lowest BCUT2D eigenvalue weighted by Gasteiger charge is -2.29. The van der Waals surface area contributed by atoms with Gasteiger partial charge in [-0.25, -0.2) is 14.4 Å². The minimum Gasteiger partial charge on any atom is -0.530 e. The molecule has 1 aliphatic rings. The van der Waals surface area contributed by atoms with Crippen molar-refractivity contribution < 1.29 is 37.4 Å². The lowest BCUT2D eigenvalue weighted by atomic mass is 10.1. The fourth-order valence-electron chi connectivity index (χ4n) is 5.35. The van der Waals surface area contributed by atoms with Gasteiger partial charge in [-0.05, 0) is 30.3 Å². The van der Waals surface area contributed by atoms with E-state index in [1.54, 1.807) is 6.07 Å². The summed E-state index contributed by atoms with van der Waals surface area (Å²) in [6, 6.07) is 8.53. The highest BCUT2D eigenvalue weighted by molar-refractivity contribution is 6.34. The number of imidazole rings is 1. The Bertz CT molecular complexity index is 1810. The number of carbonyl (C=O) groups is 2. The Kier molecular flexibility index (Phi) is 9.96. The molecule has 0 unspecified atom stereocenters. The molecule has 5 rings (SSSR count). The lowest BCUT2D eigenvalue weighted by Crippen LogP contribution is -2.47. The van der Waals surface area contributed by atoms with Gasteiger partial charge in [0.1, 0.15) is 18.7 Å². The van der Waals surface area contributed by atoms with Crippen LogP contribution in [0.25, 0.3) is 16.9 Å². The van der Waals surface area contributed by atoms with E-state index < -0.39 is 30.2 Å². The second-order valence-corrected chi connectivity index (χ2v) is 11.4. The highest BCUT2D eigenvalue weighted by Crippen LogP contribution is 2.32. The number of fused-ring (bicyclic) bond motifs is 1. The van der Waals surface area contributed by atoms with Crippen LogP contribution in [0.5, 0.6) is 5.75 Å². The number of carbonyl (C=O) groups excluding carboxylic acids is 2. The Labute approximate surface area is 267 Å². The van der Waals surface area contributed by atoms with Gasteiger partial charge in [0.15, 0.2) is 29.6 Å². The van der Waals surface area contributed by atoms with Crippen LogP contribution in [0.3, 0.4) is 0 Å². The number of aromatic nitrogens is 3. The van der Waals surface area contributed by atoms with Gasteiger partial charge in [-0.1, -0.05) is 11.6 Å². The number of imide groups is 1. The number of hydrogen-bond donors (Lipinski definition) is 1. The van der Waals surface area contributed by atoms with E-state index in [4.69, 9.17) is 26.3 Å². The first kappa shape index (κ1) is 32.6. The third kappa shape index (κ3) is 7.02. The van der Waals surface area contributed by atoms with Crippen LogP contribution < -0.4 is 15.2 Å². The maximum absolute atomic E-state index is 15.0. The van der Waals surface area contributed by atoms with Gasteiger partial charge in [0.05, 0.1) is 62.4 Å². The molecule has 0 bridgehead atoms. The zero-order valence-corrected chi connectivity index (χ0v) is 25.6. The van der Waals surface area contributed by atoms with E-state index in [9.17, 15) is 23.5 Å². The number of nitrogens with one attached hydrogen (secondary N) is 1. The van der Waals surface area contributed by atoms with Gasteiger partial charge in [-0.2, -0.15) is 9.65 Å². The molecule has 2 aromatic carbocycles. The topological polar surface area (TPSA) is 145 Å². The van der Waals surface area contributed by atoms with Crippen molar-refractivity contribution >= 4 is 40.8 Å². The van der Waals surface area contributed by atoms with Gasteiger partial charge in [0, 0.05) is 36.5 Å². The van der Waals surface area contributed by atoms with Gasteiger partial charge in [0.25, 0.3) is 5.91 Å². The third-order valence-electron chi connectivity index (χ3n) is 7.85. The number of halogens is 3. The van der Waals surface area contributed by atoms with Crippen molar-refractivity contribution in [2.45, 2.75) is 12.8 Å². The number of likely N-dealkylation sites (N-methyl/N-ethyl adjacent to an activating group) is 1. The Morgan fingerprint density at radius 2 is 1.96 bits per heavy atom. The fourth-order valence-corrected chi connectivity index (χ4v) is 5.61. The van der Waals surface area contributed by atoms with Crippen molar-refractivity contribution in [1.29, 1.82) is 5.26 Å². The largest absolute Gasteiger partial charge is 0.530 e. The monoisotopic (exact) mass is 653 g/mol. The Balaban J connectivity index is 1.28. The van der Waals surface area contributed by atoms with Crippen LogP contribution in [-0.2, 0) is 4.74 Å². The Morgan fingerprint density at radius 3 is 2.67 bits per heavy atom. The zero-order valence-electron chi connectivity index (χ0n) is 24.8. The number of nitriles is 1. The maximum Gasteiger partial charge on any atom is 0.260 e. The maximum atomic E-state index is 15.0. The first-order valence-corrected chi connectivity index (χ1v) is 14.8. The molecule has 0 atom stereocenters. The normalized spacial score (nSPS) is 13.8. The predicted molar refractivity (Wildman–Crippen MR) is 161 cm³/mol. The molecule has 1 N–H and O–H groups in total. The zero-order chi connectivity index (χ0) is 32.8. The standard InChI is InChI=1S/C31H30ClF2N7O5/c1-41(12-2-3-13-41)14-17-45-16-11-40(31(43)44)30(42)21-5-4-20(18-23(21)32)38-28-29-37-19-24(39(29)10-9-36-28)22-6-7-25(46-15-8-35)27(34)26(22)33/h4-7,9-10,18-19H,2-3,11-17H2,1H3,(H-,36,38,42,43,44). The van der Waals surface area contributed by atoms with Crippen molar-refractivity contribution in [3.63, 3.8) is 0 Å². The molecule has 1 saturated heterocycles. The van der Waals surface area contributed by atoms with E-state index >= 15 is 0 Å². The summed E-state index contributed by atoms with van der Waals surface area (Å²) in [5.41, 5.74) is 0.732. The second kappa shape index (κ2) is 14.1. The molecule has 46 heavy (non-hydrogen) atoms. The highest BCUT2D eigenvalue weighted by atomic mass is 35.5. The molecule has 1 fully saturated rings. The van der Waals surface area contributed by atoms with Crippen LogP contribution in [0.4, 0.5) is 25.1 Å². The van der Waals surface area contributed by atoms with E-state index in [2.05, 4.69) is 22.3 Å². The molecule has 0 spiro atoms. The molecule has 2 amide bonds. The van der Waals surface area contributed by atoms with Gasteiger partial charge < -0.3 is 29.2 Å².